The monoisotopic (exact) mass is 1090 g/mol. The van der Waals surface area contributed by atoms with Crippen LogP contribution in [0.25, 0.3) is 11.0 Å². The third-order valence-corrected chi connectivity index (χ3v) is 17.9. The van der Waals surface area contributed by atoms with Crippen LogP contribution in [0.15, 0.2) is 81.9 Å². The number of methoxy groups -OCH3 is 2. The SMILES string of the molecule is CCCC1O[C@@H]2C[C@H]3[C@@H]4CCC5=CC(=O)C=C[C@]5(C)[C@H]4[C@@H](O)C[C@]3(C)[C@]2(C(=O)CO)O1.CN/C(=C\[N+](=O)[O-])NCCSCc1ccc(CN(C)C)o1.COc1ccc2nc(S(=O)Cc3ncc(C)c(OC)c3C)[nH]c2c1. The van der Waals surface area contributed by atoms with E-state index < -0.39 is 51.8 Å². The van der Waals surface area contributed by atoms with E-state index in [0.717, 1.165) is 100.0 Å². The number of benzene rings is 1. The summed E-state index contributed by atoms with van der Waals surface area (Å²) in [6, 6.07) is 9.48. The quantitative estimate of drug-likeness (QED) is 0.0357. The Balaban J connectivity index is 0.000000170. The first-order chi connectivity index (χ1) is 36.2. The van der Waals surface area contributed by atoms with Crippen LogP contribution in [0.5, 0.6) is 11.5 Å². The fourth-order valence-electron chi connectivity index (χ4n) is 12.4. The average Bonchev–Trinajstić information content (AvgIpc) is 4.33. The van der Waals surface area contributed by atoms with Crippen LogP contribution in [0.3, 0.4) is 0 Å². The van der Waals surface area contributed by atoms with Gasteiger partial charge in [-0.2, -0.15) is 11.8 Å². The Bertz CT molecular complexity index is 2850. The van der Waals surface area contributed by atoms with Gasteiger partial charge in [0.25, 0.3) is 6.20 Å². The number of hydrogen-bond acceptors (Lipinski definition) is 18. The van der Waals surface area contributed by atoms with E-state index in [-0.39, 0.29) is 40.5 Å². The summed E-state index contributed by atoms with van der Waals surface area (Å²) in [4.78, 5) is 49.0. The number of nitro groups is 1. The van der Waals surface area contributed by atoms with E-state index in [0.29, 0.717) is 36.8 Å². The molecule has 3 aromatic heterocycles. The lowest BCUT2D eigenvalue weighted by molar-refractivity contribution is -0.404. The minimum atomic E-state index is -1.33. The number of ether oxygens (including phenoxy) is 4. The Morgan fingerprint density at radius 2 is 1.92 bits per heavy atom. The summed E-state index contributed by atoms with van der Waals surface area (Å²) >= 11 is 1.72. The topological polar surface area (TPSA) is 254 Å². The molecule has 3 saturated carbocycles. The number of Topliss-reactive ketones (excluding diaryl/α,β-unsaturated/α-hetero) is 1. The lowest BCUT2D eigenvalue weighted by Gasteiger charge is -2.59. The van der Waals surface area contributed by atoms with E-state index >= 15 is 0 Å². The number of thioether (sulfide) groups is 1. The molecule has 4 fully saturated rings. The minimum Gasteiger partial charge on any atom is -0.497 e. The van der Waals surface area contributed by atoms with Gasteiger partial charge in [0.05, 0.1) is 76.9 Å². The summed E-state index contributed by atoms with van der Waals surface area (Å²) < 4.78 is 41.6. The fourth-order valence-corrected chi connectivity index (χ4v) is 14.2. The van der Waals surface area contributed by atoms with E-state index in [2.05, 4.69) is 51.3 Å². The van der Waals surface area contributed by atoms with E-state index in [1.54, 1.807) is 51.4 Å². The van der Waals surface area contributed by atoms with Crippen molar-refractivity contribution in [1.29, 1.82) is 0 Å². The number of nitrogens with one attached hydrogen (secondary N) is 3. The van der Waals surface area contributed by atoms with Gasteiger partial charge in [0.1, 0.15) is 29.6 Å². The molecule has 0 bridgehead atoms. The van der Waals surface area contributed by atoms with Gasteiger partial charge in [-0.3, -0.25) is 28.9 Å². The molecule has 1 aromatic carbocycles. The predicted molar refractivity (Wildman–Crippen MR) is 290 cm³/mol. The molecule has 9 rings (SSSR count). The number of aliphatic hydroxyl groups is 2. The molecule has 76 heavy (non-hydrogen) atoms. The Labute approximate surface area is 451 Å². The first-order valence-corrected chi connectivity index (χ1v) is 28.3. The van der Waals surface area contributed by atoms with Crippen LogP contribution in [-0.2, 0) is 47.9 Å². The lowest BCUT2D eigenvalue weighted by Crippen LogP contribution is -2.63. The summed E-state index contributed by atoms with van der Waals surface area (Å²) in [7, 11) is 7.55. The molecule has 4 aromatic rings. The summed E-state index contributed by atoms with van der Waals surface area (Å²) in [5, 5.41) is 37.9. The van der Waals surface area contributed by atoms with E-state index in [4.69, 9.17) is 23.4 Å². The van der Waals surface area contributed by atoms with Crippen molar-refractivity contribution in [2.24, 2.45) is 28.6 Å². The van der Waals surface area contributed by atoms with Crippen LogP contribution in [-0.4, -0.2) is 129 Å². The van der Waals surface area contributed by atoms with Crippen molar-refractivity contribution >= 4 is 45.2 Å². The summed E-state index contributed by atoms with van der Waals surface area (Å²) in [6.45, 7) is 11.0. The van der Waals surface area contributed by atoms with Crippen molar-refractivity contribution in [3.63, 3.8) is 0 Å². The molecule has 2 unspecified atom stereocenters. The fraction of sp³-hybridized carbons (Fsp3) is 0.564. The normalized spacial score (nSPS) is 27.7. The molecule has 0 spiro atoms. The molecule has 5 aliphatic rings. The van der Waals surface area contributed by atoms with Crippen LogP contribution in [0.1, 0.15) is 87.6 Å². The molecule has 0 radical (unpaired) electrons. The highest BCUT2D eigenvalue weighted by molar-refractivity contribution is 7.98. The molecule has 0 amide bonds. The second-order valence-corrected chi connectivity index (χ2v) is 23.3. The highest BCUT2D eigenvalue weighted by atomic mass is 32.2. The molecular weight excluding hydrogens is 1010 g/mol. The van der Waals surface area contributed by atoms with E-state index in [1.807, 2.05) is 64.4 Å². The van der Waals surface area contributed by atoms with Crippen molar-refractivity contribution in [2.45, 2.75) is 120 Å². The Hall–Kier alpha value is -5.42. The van der Waals surface area contributed by atoms with Crippen LogP contribution in [0.2, 0.25) is 0 Å². The van der Waals surface area contributed by atoms with Gasteiger partial charge >= 0.3 is 0 Å². The van der Waals surface area contributed by atoms with E-state index in [9.17, 15) is 34.1 Å². The molecular formula is C55H75N7O12S2. The first kappa shape index (κ1) is 58.3. The number of aromatic nitrogens is 3. The number of pyridine rings is 1. The number of nitrogens with zero attached hydrogens (tertiary/aromatic N) is 4. The number of carbonyl (C=O) groups excluding carboxylic acids is 2. The van der Waals surface area contributed by atoms with Crippen LogP contribution in [0.4, 0.5) is 0 Å². The number of carbonyl (C=O) groups is 2. The maximum absolute atomic E-state index is 13.2. The number of ketones is 2. The van der Waals surface area contributed by atoms with E-state index in [1.165, 1.54) is 0 Å². The van der Waals surface area contributed by atoms with Crippen molar-refractivity contribution < 1.29 is 52.3 Å². The van der Waals surface area contributed by atoms with Gasteiger partial charge in [-0.25, -0.2) is 4.98 Å². The third kappa shape index (κ3) is 12.1. The minimum absolute atomic E-state index is 0.0125. The smallest absolute Gasteiger partial charge is 0.274 e. The number of furan rings is 1. The van der Waals surface area contributed by atoms with Gasteiger partial charge < -0.3 is 54.1 Å². The van der Waals surface area contributed by atoms with Crippen LogP contribution >= 0.6 is 11.8 Å². The highest BCUT2D eigenvalue weighted by Gasteiger charge is 2.75. The Kier molecular flexibility index (Phi) is 19.1. The van der Waals surface area contributed by atoms with Gasteiger partial charge in [-0.1, -0.05) is 38.8 Å². The van der Waals surface area contributed by atoms with Crippen molar-refractivity contribution in [1.82, 2.24) is 30.5 Å². The molecule has 1 saturated heterocycles. The molecule has 19 nitrogen and oxygen atoms in total. The summed E-state index contributed by atoms with van der Waals surface area (Å²) in [5.74, 6) is 5.76. The number of aliphatic hydroxyl groups excluding tert-OH is 2. The molecule has 1 aliphatic heterocycles. The Morgan fingerprint density at radius 3 is 2.61 bits per heavy atom. The second kappa shape index (κ2) is 24.9. The van der Waals surface area contributed by atoms with Crippen LogP contribution < -0.4 is 20.1 Å². The standard InChI is InChI=1S/C25H34O6.C17H19N3O3S.C13H22N4O3S/c1-4-5-21-30-20-11-17-16-7-6-14-10-15(27)8-9-23(14,2)22(16)18(28)12-24(17,3)25(20,31-21)19(29)13-26;1-10-8-18-15(11(2)16(10)23-4)9-24(21)17-19-13-6-5-12(22-3)7-14(13)20-17;1-14-13(9-17(18)19)15-6-7-21-10-12-5-4-11(20-12)8-16(2)3/h8-10,16-18,20-22,26,28H,4-7,11-13H2,1-3H3;5-8H,9H2,1-4H3,(H,19,20);4-5,9,14-15H,6-8,10H2,1-3H3/b;;13-9+/t16-,17-,18-,20+,21?,22+,23-,24-,25+;;/m0../s1. The maximum Gasteiger partial charge on any atom is 0.274 e. The molecule has 4 aliphatic carbocycles. The molecule has 21 heteroatoms. The van der Waals surface area contributed by atoms with Gasteiger partial charge in [-0.15, -0.1) is 0 Å². The Morgan fingerprint density at radius 1 is 1.16 bits per heavy atom. The zero-order chi connectivity index (χ0) is 55.1. The predicted octanol–water partition coefficient (Wildman–Crippen LogP) is 7.08. The number of allylic oxidation sites excluding steroid dienone is 4. The van der Waals surface area contributed by atoms with Crippen molar-refractivity contribution in [3.05, 3.63) is 111 Å². The molecule has 4 heterocycles. The molecule has 5 N–H and O–H groups in total. The van der Waals surface area contributed by atoms with Crippen molar-refractivity contribution in [2.75, 3.05) is 54.3 Å². The number of hydrogen-bond donors (Lipinski definition) is 5. The zero-order valence-corrected chi connectivity index (χ0v) is 46.9. The number of H-pyrrole nitrogens is 1. The first-order valence-electron chi connectivity index (χ1n) is 25.8. The van der Waals surface area contributed by atoms with Gasteiger partial charge in [0, 0.05) is 59.5 Å². The lowest BCUT2D eigenvalue weighted by atomic mass is 9.46. The highest BCUT2D eigenvalue weighted by Crippen LogP contribution is 2.69. The number of aryl methyl sites for hydroxylation is 1. The third-order valence-electron chi connectivity index (χ3n) is 15.8. The number of fused-ring (bicyclic) bond motifs is 8. The maximum atomic E-state index is 13.2. The molecule has 10 atom stereocenters. The average molecular weight is 1090 g/mol. The summed E-state index contributed by atoms with van der Waals surface area (Å²) in [6.07, 6.45) is 11.0. The molecule has 414 valence electrons. The van der Waals surface area contributed by atoms with Crippen LogP contribution in [0, 0.1) is 52.5 Å². The van der Waals surface area contributed by atoms with Crippen molar-refractivity contribution in [3.8, 4) is 11.5 Å². The largest absolute Gasteiger partial charge is 0.497 e. The van der Waals surface area contributed by atoms with Gasteiger partial charge in [0.15, 0.2) is 34.4 Å². The number of aromatic amines is 1. The van der Waals surface area contributed by atoms with Gasteiger partial charge in [0.2, 0.25) is 0 Å². The van der Waals surface area contributed by atoms with Gasteiger partial charge in [-0.05, 0) is 108 Å². The number of imidazole rings is 1. The summed E-state index contributed by atoms with van der Waals surface area (Å²) in [5.41, 5.74) is 3.11. The zero-order valence-electron chi connectivity index (χ0n) is 45.3. The second-order valence-electron chi connectivity index (χ2n) is 20.8. The number of rotatable bonds is 19.